The summed E-state index contributed by atoms with van der Waals surface area (Å²) in [5, 5.41) is 2.56. The highest BCUT2D eigenvalue weighted by Gasteiger charge is 2.53. The van der Waals surface area contributed by atoms with Crippen molar-refractivity contribution in [3.8, 4) is 50.2 Å². The predicted octanol–water partition coefficient (Wildman–Crippen LogP) is 16.9. The van der Waals surface area contributed by atoms with Crippen molar-refractivity contribution < 1.29 is 0 Å². The molecule has 12 aromatic rings. The molecule has 0 amide bonds. The molecule has 324 valence electrons. The minimum Gasteiger partial charge on any atom is -0.310 e. The van der Waals surface area contributed by atoms with E-state index in [0.29, 0.717) is 0 Å². The molecule has 70 heavy (non-hydrogen) atoms. The maximum Gasteiger partial charge on any atom is 0.0755 e. The summed E-state index contributed by atoms with van der Waals surface area (Å²) in [7, 11) is 0. The Hall–Kier alpha value is -8.98. The van der Waals surface area contributed by atoms with Crippen LogP contribution in [-0.4, -0.2) is 4.57 Å². The van der Waals surface area contributed by atoms with Crippen LogP contribution in [0.1, 0.15) is 44.5 Å². The number of benzene rings is 11. The summed E-state index contributed by atoms with van der Waals surface area (Å²) < 4.78 is 2.53. The molecular weight excluding hydrogens is 845 g/mol. The molecule has 2 spiro atoms. The van der Waals surface area contributed by atoms with Gasteiger partial charge in [0.2, 0.25) is 0 Å². The van der Waals surface area contributed by atoms with E-state index in [-0.39, 0.29) is 0 Å². The maximum absolute atomic E-state index is 2.53. The van der Waals surface area contributed by atoms with Crippen LogP contribution in [0.5, 0.6) is 0 Å². The fourth-order valence-electron chi connectivity index (χ4n) is 13.8. The first kappa shape index (κ1) is 38.0. The number of hydrogen-bond acceptors (Lipinski definition) is 1. The lowest BCUT2D eigenvalue weighted by atomic mass is 9.65. The first-order chi connectivity index (χ1) is 34.7. The van der Waals surface area contributed by atoms with Crippen molar-refractivity contribution in [2.75, 3.05) is 4.90 Å². The van der Waals surface area contributed by atoms with Crippen molar-refractivity contribution in [3.05, 3.63) is 299 Å². The SMILES string of the molecule is c1ccc(-c2ccc(N(c3ccc4c(c3)C3(c5ccccc5-c5ccccc53)c3ccccc3-4)c3ccc4c(c3)C3(c5ccccc5-4)c4ccccc4-n4c5ccccc5c5cccc3c54)cc2)cc1. The smallest absolute Gasteiger partial charge is 0.0755 e. The van der Waals surface area contributed by atoms with Gasteiger partial charge < -0.3 is 9.47 Å². The van der Waals surface area contributed by atoms with Gasteiger partial charge >= 0.3 is 0 Å². The van der Waals surface area contributed by atoms with Crippen molar-refractivity contribution in [1.29, 1.82) is 0 Å². The van der Waals surface area contributed by atoms with Gasteiger partial charge in [-0.3, -0.25) is 0 Å². The molecule has 0 bridgehead atoms. The fraction of sp³-hybridized carbons (Fsp3) is 0.0294. The average Bonchev–Trinajstić information content (AvgIpc) is 4.13. The standard InChI is InChI=1S/C68H42N2/c1-2-17-43(18-3-1)44-33-35-45(36-34-44)69(46-37-39-52-50-21-6-11-27-58(50)67(62(52)41-46)56-25-9-4-19-48(56)49-20-5-10-26-57(49)67)47-38-40-53-51-22-7-12-28-59(51)68(63(53)42-47)60-29-13-15-32-65(60)70-64-31-14-8-23-54(64)55-24-16-30-61(68)66(55)70/h1-42H. The second kappa shape index (κ2) is 13.8. The highest BCUT2D eigenvalue weighted by atomic mass is 15.1. The maximum atomic E-state index is 2.53. The van der Waals surface area contributed by atoms with Crippen molar-refractivity contribution in [3.63, 3.8) is 0 Å². The molecule has 0 saturated heterocycles. The zero-order valence-corrected chi connectivity index (χ0v) is 38.1. The first-order valence-corrected chi connectivity index (χ1v) is 24.5. The average molecular weight is 887 g/mol. The van der Waals surface area contributed by atoms with Crippen LogP contribution < -0.4 is 4.90 Å². The molecule has 4 aliphatic rings. The van der Waals surface area contributed by atoms with E-state index in [1.165, 1.54) is 117 Å². The van der Waals surface area contributed by atoms with E-state index in [0.717, 1.165) is 17.1 Å². The summed E-state index contributed by atoms with van der Waals surface area (Å²) in [6.07, 6.45) is 0. The van der Waals surface area contributed by atoms with Gasteiger partial charge in [-0.1, -0.05) is 206 Å². The summed E-state index contributed by atoms with van der Waals surface area (Å²) in [4.78, 5) is 2.52. The quantitative estimate of drug-likeness (QED) is 0.171. The Balaban J connectivity index is 0.977. The van der Waals surface area contributed by atoms with E-state index in [2.05, 4.69) is 264 Å². The number of rotatable bonds is 4. The molecule has 16 rings (SSSR count). The third kappa shape index (κ3) is 4.64. The van der Waals surface area contributed by atoms with Crippen LogP contribution in [-0.2, 0) is 10.8 Å². The second-order valence-corrected chi connectivity index (χ2v) is 19.5. The van der Waals surface area contributed by atoms with Crippen molar-refractivity contribution in [2.45, 2.75) is 10.8 Å². The monoisotopic (exact) mass is 886 g/mol. The van der Waals surface area contributed by atoms with Crippen LogP contribution in [0.3, 0.4) is 0 Å². The van der Waals surface area contributed by atoms with E-state index in [1.807, 2.05) is 0 Å². The van der Waals surface area contributed by atoms with E-state index in [9.17, 15) is 0 Å². The van der Waals surface area contributed by atoms with E-state index in [1.54, 1.807) is 0 Å². The van der Waals surface area contributed by atoms with E-state index < -0.39 is 10.8 Å². The van der Waals surface area contributed by atoms with Gasteiger partial charge in [-0.05, 0) is 138 Å². The highest BCUT2D eigenvalue weighted by molar-refractivity contribution is 6.13. The number of para-hydroxylation sites is 3. The van der Waals surface area contributed by atoms with Gasteiger partial charge in [-0.2, -0.15) is 0 Å². The number of fused-ring (bicyclic) bond motifs is 22. The van der Waals surface area contributed by atoms with Gasteiger partial charge in [0.1, 0.15) is 0 Å². The molecule has 0 radical (unpaired) electrons. The van der Waals surface area contributed by atoms with Crippen LogP contribution >= 0.6 is 0 Å². The molecule has 0 N–H and O–H groups in total. The molecule has 1 aromatic heterocycles. The normalized spacial score (nSPS) is 15.6. The predicted molar refractivity (Wildman–Crippen MR) is 288 cm³/mol. The van der Waals surface area contributed by atoms with Gasteiger partial charge in [0, 0.05) is 27.8 Å². The summed E-state index contributed by atoms with van der Waals surface area (Å²) in [5.74, 6) is 0. The minimum atomic E-state index is -0.577. The Bertz CT molecular complexity index is 4130. The third-order valence-electron chi connectivity index (χ3n) is 16.4. The summed E-state index contributed by atoms with van der Waals surface area (Å²) >= 11 is 0. The van der Waals surface area contributed by atoms with Crippen LogP contribution in [0.4, 0.5) is 17.1 Å². The summed E-state index contributed by atoms with van der Waals surface area (Å²) in [6, 6.07) is 96.1. The first-order valence-electron chi connectivity index (χ1n) is 24.5. The number of nitrogens with zero attached hydrogens (tertiary/aromatic N) is 2. The molecule has 2 heterocycles. The lowest BCUT2D eigenvalue weighted by molar-refractivity contribution is 0.748. The molecule has 2 heteroatoms. The van der Waals surface area contributed by atoms with Gasteiger partial charge in [0.15, 0.2) is 0 Å². The molecule has 0 saturated carbocycles. The Morgan fingerprint density at radius 1 is 0.271 bits per heavy atom. The van der Waals surface area contributed by atoms with Gasteiger partial charge in [-0.15, -0.1) is 0 Å². The highest BCUT2D eigenvalue weighted by Crippen LogP contribution is 2.65. The van der Waals surface area contributed by atoms with Crippen molar-refractivity contribution in [2.24, 2.45) is 0 Å². The molecule has 1 atom stereocenters. The second-order valence-electron chi connectivity index (χ2n) is 19.5. The fourth-order valence-corrected chi connectivity index (χ4v) is 13.8. The minimum absolute atomic E-state index is 0.468. The van der Waals surface area contributed by atoms with Gasteiger partial charge in [0.25, 0.3) is 0 Å². The molecule has 3 aliphatic carbocycles. The number of anilines is 3. The molecule has 1 aliphatic heterocycles. The number of aromatic nitrogens is 1. The zero-order chi connectivity index (χ0) is 45.7. The molecule has 2 nitrogen and oxygen atoms in total. The van der Waals surface area contributed by atoms with Crippen molar-refractivity contribution in [1.82, 2.24) is 4.57 Å². The zero-order valence-electron chi connectivity index (χ0n) is 38.1. The van der Waals surface area contributed by atoms with Crippen molar-refractivity contribution >= 4 is 38.9 Å². The van der Waals surface area contributed by atoms with Gasteiger partial charge in [-0.25, -0.2) is 0 Å². The third-order valence-corrected chi connectivity index (χ3v) is 16.4. The molecule has 1 unspecified atom stereocenters. The van der Waals surface area contributed by atoms with E-state index >= 15 is 0 Å². The Morgan fingerprint density at radius 3 is 1.27 bits per heavy atom. The molecule has 11 aromatic carbocycles. The topological polar surface area (TPSA) is 8.17 Å². The largest absolute Gasteiger partial charge is 0.310 e. The van der Waals surface area contributed by atoms with E-state index in [4.69, 9.17) is 0 Å². The Labute approximate surface area is 406 Å². The van der Waals surface area contributed by atoms with Crippen LogP contribution in [0.15, 0.2) is 255 Å². The number of hydrogen-bond donors (Lipinski definition) is 0. The van der Waals surface area contributed by atoms with Gasteiger partial charge in [0.05, 0.1) is 27.6 Å². The molecule has 0 fully saturated rings. The summed E-state index contributed by atoms with van der Waals surface area (Å²) in [6.45, 7) is 0. The lowest BCUT2D eigenvalue weighted by Crippen LogP contribution is -2.33. The Kier molecular flexibility index (Phi) is 7.51. The van der Waals surface area contributed by atoms with Crippen LogP contribution in [0.25, 0.3) is 72.0 Å². The summed E-state index contributed by atoms with van der Waals surface area (Å²) in [5.41, 5.74) is 26.8. The molecular formula is C68H42N2. The van der Waals surface area contributed by atoms with Crippen LogP contribution in [0, 0.1) is 0 Å². The van der Waals surface area contributed by atoms with Crippen LogP contribution in [0.2, 0.25) is 0 Å². The lowest BCUT2D eigenvalue weighted by Gasteiger charge is -2.40. The Morgan fingerprint density at radius 2 is 0.686 bits per heavy atom.